The minimum absolute atomic E-state index is 0.160. The van der Waals surface area contributed by atoms with Crippen molar-refractivity contribution in [2.75, 3.05) is 25.2 Å². The van der Waals surface area contributed by atoms with E-state index in [0.717, 1.165) is 25.0 Å². The highest BCUT2D eigenvalue weighted by Gasteiger charge is 2.57. The first-order valence-corrected chi connectivity index (χ1v) is 9.83. The van der Waals surface area contributed by atoms with Crippen LogP contribution in [0.15, 0.2) is 0 Å². The third kappa shape index (κ3) is 4.29. The molecule has 5 nitrogen and oxygen atoms in total. The maximum atomic E-state index is 12.0. The number of hydrogen-bond donors (Lipinski definition) is 2. The molecule has 0 saturated heterocycles. The molecule has 2 N–H and O–H groups in total. The number of ether oxygens (including phenoxy) is 1. The van der Waals surface area contributed by atoms with Gasteiger partial charge in [-0.25, -0.2) is 0 Å². The van der Waals surface area contributed by atoms with E-state index in [2.05, 4.69) is 5.32 Å². The van der Waals surface area contributed by atoms with Crippen LogP contribution in [0, 0.1) is 11.3 Å². The lowest BCUT2D eigenvalue weighted by Crippen LogP contribution is -2.57. The van der Waals surface area contributed by atoms with Crippen molar-refractivity contribution in [3.05, 3.63) is 0 Å². The molecule has 0 bridgehead atoms. The van der Waals surface area contributed by atoms with Gasteiger partial charge in [-0.3, -0.25) is 9.59 Å². The molecule has 1 atom stereocenters. The van der Waals surface area contributed by atoms with Crippen LogP contribution in [0.1, 0.15) is 32.1 Å². The molecule has 0 aromatic rings. The van der Waals surface area contributed by atoms with Crippen molar-refractivity contribution in [2.45, 2.75) is 38.2 Å². The van der Waals surface area contributed by atoms with Gasteiger partial charge < -0.3 is 15.2 Å². The minimum Gasteiger partial charge on any atom is -0.481 e. The topological polar surface area (TPSA) is 75.6 Å². The van der Waals surface area contributed by atoms with Crippen LogP contribution in [0.3, 0.4) is 0 Å². The van der Waals surface area contributed by atoms with E-state index in [1.165, 1.54) is 6.42 Å². The standard InChI is InChI=1S/C14H23NO4S2/c1-19-11-2-4-14(11)8-10(9-14)13(18)15-5-7-21-20-6-3-12(16)17/h10-11H,2-9H2,1H3,(H,15,18)(H,16,17). The maximum Gasteiger partial charge on any atom is 0.304 e. The first-order valence-electron chi connectivity index (χ1n) is 7.34. The quantitative estimate of drug-likeness (QED) is 0.497. The fourth-order valence-corrected chi connectivity index (χ4v) is 5.11. The van der Waals surface area contributed by atoms with E-state index in [-0.39, 0.29) is 18.2 Å². The molecule has 1 amide bonds. The zero-order valence-corrected chi connectivity index (χ0v) is 13.9. The molecule has 1 spiro atoms. The third-order valence-electron chi connectivity index (χ3n) is 4.52. The van der Waals surface area contributed by atoms with Gasteiger partial charge in [0, 0.05) is 31.1 Å². The highest BCUT2D eigenvalue weighted by atomic mass is 33.1. The molecule has 0 radical (unpaired) electrons. The average Bonchev–Trinajstić information content (AvgIpc) is 2.35. The van der Waals surface area contributed by atoms with E-state index in [0.29, 0.717) is 23.8 Å². The lowest BCUT2D eigenvalue weighted by Gasteiger charge is -2.58. The molecule has 0 aliphatic heterocycles. The molecule has 1 unspecified atom stereocenters. The summed E-state index contributed by atoms with van der Waals surface area (Å²) in [4.78, 5) is 22.3. The molecule has 2 rings (SSSR count). The summed E-state index contributed by atoms with van der Waals surface area (Å²) in [6.45, 7) is 0.654. The lowest BCUT2D eigenvalue weighted by atomic mass is 9.50. The summed E-state index contributed by atoms with van der Waals surface area (Å²) in [5.41, 5.74) is 0.304. The van der Waals surface area contributed by atoms with Gasteiger partial charge in [-0.15, -0.1) is 0 Å². The Hall–Kier alpha value is -0.400. The summed E-state index contributed by atoms with van der Waals surface area (Å²) in [7, 11) is 4.92. The molecule has 0 heterocycles. The van der Waals surface area contributed by atoms with E-state index < -0.39 is 5.97 Å². The van der Waals surface area contributed by atoms with Crippen molar-refractivity contribution in [3.8, 4) is 0 Å². The number of rotatable bonds is 9. The fourth-order valence-electron chi connectivity index (χ4n) is 3.22. The Balaban J connectivity index is 1.49. The number of hydrogen-bond acceptors (Lipinski definition) is 5. The highest BCUT2D eigenvalue weighted by molar-refractivity contribution is 8.76. The second-order valence-electron chi connectivity index (χ2n) is 5.81. The number of methoxy groups -OCH3 is 1. The molecular weight excluding hydrogens is 310 g/mol. The van der Waals surface area contributed by atoms with Crippen LogP contribution in [0.25, 0.3) is 0 Å². The molecule has 0 aromatic carbocycles. The summed E-state index contributed by atoms with van der Waals surface area (Å²) in [5.74, 6) is 0.985. The van der Waals surface area contributed by atoms with Crippen LogP contribution in [-0.2, 0) is 14.3 Å². The lowest BCUT2D eigenvalue weighted by molar-refractivity contribution is -0.170. The number of carboxylic acid groups (broad SMARTS) is 1. The minimum atomic E-state index is -0.763. The number of carbonyl (C=O) groups excluding carboxylic acids is 1. The zero-order chi connectivity index (χ0) is 15.3. The van der Waals surface area contributed by atoms with Crippen molar-refractivity contribution in [1.82, 2.24) is 5.32 Å². The third-order valence-corrected chi connectivity index (χ3v) is 6.92. The zero-order valence-electron chi connectivity index (χ0n) is 12.3. The largest absolute Gasteiger partial charge is 0.481 e. The Morgan fingerprint density at radius 1 is 1.33 bits per heavy atom. The van der Waals surface area contributed by atoms with E-state index in [1.807, 2.05) is 0 Å². The maximum absolute atomic E-state index is 12.0. The van der Waals surface area contributed by atoms with Crippen LogP contribution in [-0.4, -0.2) is 48.2 Å². The molecule has 2 aliphatic rings. The Bertz CT molecular complexity index is 383. The van der Waals surface area contributed by atoms with Crippen LogP contribution in [0.5, 0.6) is 0 Å². The predicted octanol–water partition coefficient (Wildman–Crippen LogP) is 2.16. The number of carboxylic acids is 1. The van der Waals surface area contributed by atoms with Crippen LogP contribution in [0.2, 0.25) is 0 Å². The Morgan fingerprint density at radius 3 is 2.62 bits per heavy atom. The smallest absolute Gasteiger partial charge is 0.304 e. The van der Waals surface area contributed by atoms with E-state index in [9.17, 15) is 9.59 Å². The number of carbonyl (C=O) groups is 2. The summed E-state index contributed by atoms with van der Waals surface area (Å²) in [5, 5.41) is 11.5. The van der Waals surface area contributed by atoms with Crippen LogP contribution < -0.4 is 5.32 Å². The van der Waals surface area contributed by atoms with Gasteiger partial charge in [0.1, 0.15) is 0 Å². The van der Waals surface area contributed by atoms with Gasteiger partial charge in [0.05, 0.1) is 12.5 Å². The van der Waals surface area contributed by atoms with Crippen molar-refractivity contribution in [1.29, 1.82) is 0 Å². The monoisotopic (exact) mass is 333 g/mol. The summed E-state index contributed by atoms with van der Waals surface area (Å²) in [6.07, 6.45) is 4.83. The molecular formula is C14H23NO4S2. The second kappa shape index (κ2) is 7.74. The molecule has 21 heavy (non-hydrogen) atoms. The van der Waals surface area contributed by atoms with Gasteiger partial charge in [-0.05, 0) is 31.1 Å². The Kier molecular flexibility index (Phi) is 6.25. The normalized spacial score (nSPS) is 30.5. The molecule has 2 saturated carbocycles. The van der Waals surface area contributed by atoms with Crippen LogP contribution >= 0.6 is 21.6 Å². The van der Waals surface area contributed by atoms with Gasteiger partial charge in [0.15, 0.2) is 0 Å². The van der Waals surface area contributed by atoms with Gasteiger partial charge in [-0.1, -0.05) is 21.6 Å². The van der Waals surface area contributed by atoms with Crippen LogP contribution in [0.4, 0.5) is 0 Å². The van der Waals surface area contributed by atoms with Gasteiger partial charge in [0.25, 0.3) is 0 Å². The first-order chi connectivity index (χ1) is 10.1. The van der Waals surface area contributed by atoms with Crippen molar-refractivity contribution < 1.29 is 19.4 Å². The molecule has 2 fully saturated rings. The first kappa shape index (κ1) is 17.0. The van der Waals surface area contributed by atoms with Gasteiger partial charge >= 0.3 is 5.97 Å². The number of aliphatic carboxylic acids is 1. The molecule has 120 valence electrons. The molecule has 2 aliphatic carbocycles. The van der Waals surface area contributed by atoms with E-state index in [4.69, 9.17) is 9.84 Å². The average molecular weight is 333 g/mol. The summed E-state index contributed by atoms with van der Waals surface area (Å²) < 4.78 is 5.45. The van der Waals surface area contributed by atoms with E-state index >= 15 is 0 Å². The van der Waals surface area contributed by atoms with Crippen molar-refractivity contribution in [2.24, 2.45) is 11.3 Å². The van der Waals surface area contributed by atoms with Crippen molar-refractivity contribution in [3.63, 3.8) is 0 Å². The predicted molar refractivity (Wildman–Crippen MR) is 85.4 cm³/mol. The Labute approximate surface area is 133 Å². The van der Waals surface area contributed by atoms with E-state index in [1.54, 1.807) is 28.7 Å². The van der Waals surface area contributed by atoms with Gasteiger partial charge in [-0.2, -0.15) is 0 Å². The number of amides is 1. The number of nitrogens with one attached hydrogen (secondary N) is 1. The highest BCUT2D eigenvalue weighted by Crippen LogP contribution is 2.59. The second-order valence-corrected chi connectivity index (χ2v) is 8.51. The molecule has 0 aromatic heterocycles. The molecule has 7 heteroatoms. The SMILES string of the molecule is COC1CCC12CC(C(=O)NCCSSCCC(=O)O)C2. The van der Waals surface area contributed by atoms with Crippen molar-refractivity contribution >= 4 is 33.5 Å². The van der Waals surface area contributed by atoms with Gasteiger partial charge in [0.2, 0.25) is 5.91 Å². The summed E-state index contributed by atoms with van der Waals surface area (Å²) >= 11 is 0. The summed E-state index contributed by atoms with van der Waals surface area (Å²) in [6, 6.07) is 0. The fraction of sp³-hybridized carbons (Fsp3) is 0.857. The Morgan fingerprint density at radius 2 is 2.05 bits per heavy atom.